The summed E-state index contributed by atoms with van der Waals surface area (Å²) in [7, 11) is -3.02. The van der Waals surface area contributed by atoms with Crippen LogP contribution in [0.25, 0.3) is 10.4 Å². The van der Waals surface area contributed by atoms with E-state index in [1.54, 1.807) is 19.1 Å². The maximum atomic E-state index is 12.8. The molecule has 3 rings (SSSR count). The van der Waals surface area contributed by atoms with E-state index < -0.39 is 40.3 Å². The summed E-state index contributed by atoms with van der Waals surface area (Å²) in [4.78, 5) is 24.2. The van der Waals surface area contributed by atoms with Crippen LogP contribution < -0.4 is 9.46 Å². The van der Waals surface area contributed by atoms with Crippen LogP contribution in [0.2, 0.25) is 0 Å². The number of alkyl halides is 3. The topological polar surface area (TPSA) is 108 Å². The lowest BCUT2D eigenvalue weighted by Gasteiger charge is -2.11. The van der Waals surface area contributed by atoms with Gasteiger partial charge in [-0.25, -0.2) is 18.0 Å². The van der Waals surface area contributed by atoms with Crippen LogP contribution in [0.15, 0.2) is 57.9 Å². The van der Waals surface area contributed by atoms with E-state index in [4.69, 9.17) is 14.2 Å². The van der Waals surface area contributed by atoms with E-state index in [9.17, 15) is 31.2 Å². The summed E-state index contributed by atoms with van der Waals surface area (Å²) in [5, 5.41) is 0. The minimum atomic E-state index is -4.60. The van der Waals surface area contributed by atoms with Gasteiger partial charge >= 0.3 is 18.1 Å². The molecule has 14 heteroatoms. The first-order valence-electron chi connectivity index (χ1n) is 10.4. The minimum Gasteiger partial charge on any atom is -0.479 e. The number of hydrogen-bond donors (Lipinski definition) is 1. The monoisotopic (exact) mass is 621 g/mol. The third kappa shape index (κ3) is 6.81. The average Bonchev–Trinajstić information content (AvgIpc) is 3.18. The van der Waals surface area contributed by atoms with Gasteiger partial charge in [0.1, 0.15) is 0 Å². The lowest BCUT2D eigenvalue weighted by molar-refractivity contribution is -0.145. The molecule has 8 nitrogen and oxygen atoms in total. The third-order valence-corrected chi connectivity index (χ3v) is 8.30. The molecule has 0 aliphatic rings. The Balaban J connectivity index is 1.92. The number of rotatable bonds is 9. The van der Waals surface area contributed by atoms with Crippen molar-refractivity contribution in [2.45, 2.75) is 18.0 Å². The Hall–Kier alpha value is -3.10. The van der Waals surface area contributed by atoms with Crippen LogP contribution in [0, 0.1) is 0 Å². The third-order valence-electron chi connectivity index (χ3n) is 4.69. The summed E-state index contributed by atoms with van der Waals surface area (Å²) in [6.45, 7) is 1.33. The van der Waals surface area contributed by atoms with Crippen LogP contribution in [-0.4, -0.2) is 40.7 Å². The Kier molecular flexibility index (Phi) is 8.87. The fourth-order valence-corrected chi connectivity index (χ4v) is 6.05. The molecule has 37 heavy (non-hydrogen) atoms. The molecule has 0 saturated carbocycles. The van der Waals surface area contributed by atoms with Gasteiger partial charge < -0.3 is 14.2 Å². The summed E-state index contributed by atoms with van der Waals surface area (Å²) in [5.74, 6) is -1.30. The SMILES string of the molecule is CCOC(=O)COc1c(C(=O)OC)sc(-c2cccc(NS(=O)(=O)c3ccc(C(F)(F)F)cc3)c2)c1Br. The molecule has 0 aliphatic heterocycles. The highest BCUT2D eigenvalue weighted by atomic mass is 79.9. The van der Waals surface area contributed by atoms with Gasteiger partial charge in [0, 0.05) is 5.69 Å². The molecule has 1 aromatic heterocycles. The molecule has 0 amide bonds. The smallest absolute Gasteiger partial charge is 0.416 e. The van der Waals surface area contributed by atoms with Crippen LogP contribution in [0.5, 0.6) is 5.75 Å². The van der Waals surface area contributed by atoms with Crippen LogP contribution in [0.3, 0.4) is 0 Å². The Bertz CT molecular complexity index is 1400. The van der Waals surface area contributed by atoms with E-state index in [0.717, 1.165) is 23.5 Å². The second kappa shape index (κ2) is 11.5. The molecule has 3 aromatic rings. The van der Waals surface area contributed by atoms with E-state index in [2.05, 4.69) is 20.7 Å². The second-order valence-electron chi connectivity index (χ2n) is 7.20. The largest absolute Gasteiger partial charge is 0.479 e. The number of methoxy groups -OCH3 is 1. The summed E-state index contributed by atoms with van der Waals surface area (Å²) in [6, 6.07) is 9.19. The van der Waals surface area contributed by atoms with Crippen molar-refractivity contribution in [2.24, 2.45) is 0 Å². The lowest BCUT2D eigenvalue weighted by atomic mass is 10.1. The fraction of sp³-hybridized carbons (Fsp3) is 0.217. The quantitative estimate of drug-likeness (QED) is 0.304. The second-order valence-corrected chi connectivity index (χ2v) is 10.7. The lowest BCUT2D eigenvalue weighted by Crippen LogP contribution is -2.15. The number of carbonyl (C=O) groups is 2. The number of ether oxygens (including phenoxy) is 3. The molecule has 0 radical (unpaired) electrons. The normalized spacial score (nSPS) is 11.6. The average molecular weight is 622 g/mol. The zero-order chi connectivity index (χ0) is 27.4. The Labute approximate surface area is 222 Å². The van der Waals surface area contributed by atoms with Crippen molar-refractivity contribution >= 4 is 54.9 Å². The molecule has 0 atom stereocenters. The maximum Gasteiger partial charge on any atom is 0.416 e. The number of esters is 2. The van der Waals surface area contributed by atoms with Gasteiger partial charge in [0.05, 0.1) is 33.5 Å². The number of carbonyl (C=O) groups excluding carboxylic acids is 2. The Morgan fingerprint density at radius 1 is 1.11 bits per heavy atom. The fourth-order valence-electron chi connectivity index (χ4n) is 3.03. The van der Waals surface area contributed by atoms with Gasteiger partial charge in [-0.15, -0.1) is 11.3 Å². The van der Waals surface area contributed by atoms with Crippen molar-refractivity contribution in [2.75, 3.05) is 25.0 Å². The molecule has 0 saturated heterocycles. The van der Waals surface area contributed by atoms with Gasteiger partial charge in [-0.3, -0.25) is 4.72 Å². The molecule has 1 heterocycles. The molecule has 0 spiro atoms. The van der Waals surface area contributed by atoms with Crippen LogP contribution in [-0.2, 0) is 30.5 Å². The number of halogens is 4. The van der Waals surface area contributed by atoms with E-state index in [0.29, 0.717) is 27.0 Å². The van der Waals surface area contributed by atoms with E-state index >= 15 is 0 Å². The molecule has 0 aliphatic carbocycles. The molecular weight excluding hydrogens is 603 g/mol. The Morgan fingerprint density at radius 3 is 2.38 bits per heavy atom. The van der Waals surface area contributed by atoms with Gasteiger partial charge in [0.15, 0.2) is 17.2 Å². The predicted octanol–water partition coefficient (Wildman–Crippen LogP) is 5.73. The van der Waals surface area contributed by atoms with Crippen LogP contribution >= 0.6 is 27.3 Å². The first-order chi connectivity index (χ1) is 17.4. The molecule has 0 fully saturated rings. The predicted molar refractivity (Wildman–Crippen MR) is 133 cm³/mol. The first-order valence-corrected chi connectivity index (χ1v) is 13.5. The van der Waals surface area contributed by atoms with Crippen molar-refractivity contribution in [3.8, 4) is 16.2 Å². The molecule has 198 valence electrons. The summed E-state index contributed by atoms with van der Waals surface area (Å²) in [5.41, 5.74) is -0.384. The summed E-state index contributed by atoms with van der Waals surface area (Å²) < 4.78 is 81.7. The Morgan fingerprint density at radius 2 is 1.78 bits per heavy atom. The van der Waals surface area contributed by atoms with Gasteiger partial charge in [-0.1, -0.05) is 12.1 Å². The summed E-state index contributed by atoms with van der Waals surface area (Å²) >= 11 is 4.35. The van der Waals surface area contributed by atoms with Gasteiger partial charge in [-0.2, -0.15) is 13.2 Å². The molecule has 0 bridgehead atoms. The molecule has 0 unspecified atom stereocenters. The molecule has 2 aromatic carbocycles. The van der Waals surface area contributed by atoms with Crippen molar-refractivity contribution in [1.29, 1.82) is 0 Å². The van der Waals surface area contributed by atoms with Crippen molar-refractivity contribution in [1.82, 2.24) is 0 Å². The van der Waals surface area contributed by atoms with Crippen LogP contribution in [0.1, 0.15) is 22.2 Å². The number of benzene rings is 2. The molecule has 1 N–H and O–H groups in total. The van der Waals surface area contributed by atoms with Crippen molar-refractivity contribution < 1.29 is 45.4 Å². The van der Waals surface area contributed by atoms with Crippen LogP contribution in [0.4, 0.5) is 18.9 Å². The van der Waals surface area contributed by atoms with E-state index in [-0.39, 0.29) is 27.8 Å². The van der Waals surface area contributed by atoms with Gasteiger partial charge in [-0.05, 0) is 64.8 Å². The number of hydrogen-bond acceptors (Lipinski definition) is 8. The standard InChI is InChI=1S/C23H19BrF3NO7S2/c1-3-34-17(29)12-35-19-18(24)20(36-21(19)22(30)33-2)13-5-4-6-15(11-13)28-37(31,32)16-9-7-14(8-10-16)23(25,26)27/h4-11,28H,3,12H2,1-2H3. The zero-order valence-corrected chi connectivity index (χ0v) is 22.4. The number of thiophene rings is 1. The van der Waals surface area contributed by atoms with Gasteiger partial charge in [0.2, 0.25) is 0 Å². The highest BCUT2D eigenvalue weighted by molar-refractivity contribution is 9.10. The van der Waals surface area contributed by atoms with Gasteiger partial charge in [0.25, 0.3) is 10.0 Å². The highest BCUT2D eigenvalue weighted by Crippen LogP contribution is 2.46. The number of anilines is 1. The molecular formula is C23H19BrF3NO7S2. The summed E-state index contributed by atoms with van der Waals surface area (Å²) in [6.07, 6.45) is -4.60. The zero-order valence-electron chi connectivity index (χ0n) is 19.2. The number of nitrogens with one attached hydrogen (secondary N) is 1. The number of sulfonamides is 1. The highest BCUT2D eigenvalue weighted by Gasteiger charge is 2.31. The van der Waals surface area contributed by atoms with Crippen molar-refractivity contribution in [3.05, 3.63) is 63.4 Å². The van der Waals surface area contributed by atoms with Crippen molar-refractivity contribution in [3.63, 3.8) is 0 Å². The maximum absolute atomic E-state index is 12.8. The minimum absolute atomic E-state index is 0.0515. The first kappa shape index (κ1) is 28.5. The van der Waals surface area contributed by atoms with E-state index in [1.807, 2.05) is 0 Å². The van der Waals surface area contributed by atoms with E-state index in [1.165, 1.54) is 19.2 Å².